The molecule has 0 unspecified atom stereocenters. The minimum atomic E-state index is -0.368. The van der Waals surface area contributed by atoms with Crippen LogP contribution in [-0.2, 0) is 0 Å². The van der Waals surface area contributed by atoms with Crippen molar-refractivity contribution in [3.05, 3.63) is 21.7 Å². The van der Waals surface area contributed by atoms with E-state index in [9.17, 15) is 10.1 Å². The Bertz CT molecular complexity index is 597. The largest absolute Gasteiger partial charge is 0.372 e. The summed E-state index contributed by atoms with van der Waals surface area (Å²) in [6, 6.07) is 0. The summed E-state index contributed by atoms with van der Waals surface area (Å²) in [5.41, 5.74) is -0.0607. The average Bonchev–Trinajstić information content (AvgIpc) is 2.93. The Hall–Kier alpha value is -1.63. The van der Waals surface area contributed by atoms with Gasteiger partial charge in [-0.1, -0.05) is 24.2 Å². The molecule has 1 N–H and O–H groups in total. The normalized spacial score (nSPS) is 18.3. The number of thiazole rings is 1. The second-order valence-electron chi connectivity index (χ2n) is 4.99. The van der Waals surface area contributed by atoms with E-state index in [4.69, 9.17) is 0 Å². The van der Waals surface area contributed by atoms with Gasteiger partial charge in [0.15, 0.2) is 0 Å². The van der Waals surface area contributed by atoms with Crippen molar-refractivity contribution < 1.29 is 4.92 Å². The maximum absolute atomic E-state index is 11.2. The lowest BCUT2D eigenvalue weighted by molar-refractivity contribution is -0.389. The third-order valence-corrected chi connectivity index (χ3v) is 4.29. The van der Waals surface area contributed by atoms with Crippen molar-refractivity contribution in [2.75, 3.05) is 5.32 Å². The standard InChI is InChI=1S/C11H14N4O2S/c1-11(4-2-3-5-11)13-8-9(15(16)17)14-6-7-18-10(14)12-8/h6-7,13H,2-5H2,1H3. The van der Waals surface area contributed by atoms with Crippen molar-refractivity contribution in [1.29, 1.82) is 0 Å². The fourth-order valence-electron chi connectivity index (χ4n) is 2.60. The molecule has 1 saturated carbocycles. The molecule has 1 fully saturated rings. The zero-order valence-corrected chi connectivity index (χ0v) is 10.9. The van der Waals surface area contributed by atoms with Crippen LogP contribution >= 0.6 is 11.3 Å². The van der Waals surface area contributed by atoms with E-state index in [0.29, 0.717) is 10.8 Å². The van der Waals surface area contributed by atoms with Crippen LogP contribution in [0.4, 0.5) is 11.6 Å². The Morgan fingerprint density at radius 1 is 1.56 bits per heavy atom. The molecular weight excluding hydrogens is 252 g/mol. The van der Waals surface area contributed by atoms with Gasteiger partial charge in [0.25, 0.3) is 4.96 Å². The van der Waals surface area contributed by atoms with Crippen LogP contribution in [0.3, 0.4) is 0 Å². The van der Waals surface area contributed by atoms with Crippen LogP contribution in [0, 0.1) is 10.1 Å². The molecule has 6 nitrogen and oxygen atoms in total. The van der Waals surface area contributed by atoms with Gasteiger partial charge in [0.2, 0.25) is 5.82 Å². The van der Waals surface area contributed by atoms with E-state index in [1.54, 1.807) is 11.6 Å². The van der Waals surface area contributed by atoms with Gasteiger partial charge in [-0.05, 0) is 24.7 Å². The molecular formula is C11H14N4O2S. The molecule has 1 aliphatic rings. The molecule has 1 aliphatic carbocycles. The highest BCUT2D eigenvalue weighted by molar-refractivity contribution is 7.15. The lowest BCUT2D eigenvalue weighted by Gasteiger charge is -2.24. The highest BCUT2D eigenvalue weighted by Gasteiger charge is 2.33. The summed E-state index contributed by atoms with van der Waals surface area (Å²) in [7, 11) is 0. The Morgan fingerprint density at radius 2 is 2.28 bits per heavy atom. The average molecular weight is 266 g/mol. The highest BCUT2D eigenvalue weighted by atomic mass is 32.1. The summed E-state index contributed by atoms with van der Waals surface area (Å²) >= 11 is 1.40. The number of fused-ring (bicyclic) bond motifs is 1. The van der Waals surface area contributed by atoms with Crippen molar-refractivity contribution in [1.82, 2.24) is 9.38 Å². The SMILES string of the molecule is CC1(Nc2nc3sccn3c2[N+](=O)[O-])CCCC1. The summed E-state index contributed by atoms with van der Waals surface area (Å²) in [5.74, 6) is 0.440. The molecule has 0 spiro atoms. The van der Waals surface area contributed by atoms with E-state index in [-0.39, 0.29) is 16.3 Å². The summed E-state index contributed by atoms with van der Waals surface area (Å²) in [6.45, 7) is 2.11. The quantitative estimate of drug-likeness (QED) is 0.684. The number of imidazole rings is 1. The van der Waals surface area contributed by atoms with E-state index in [1.807, 2.05) is 0 Å². The number of nitro groups is 1. The van der Waals surface area contributed by atoms with Crippen molar-refractivity contribution in [3.8, 4) is 0 Å². The molecule has 2 aromatic heterocycles. The number of nitrogens with zero attached hydrogens (tertiary/aromatic N) is 3. The predicted octanol–water partition coefficient (Wildman–Crippen LogP) is 3.05. The minimum Gasteiger partial charge on any atom is -0.358 e. The lowest BCUT2D eigenvalue weighted by atomic mass is 10.0. The second kappa shape index (κ2) is 3.94. The molecule has 18 heavy (non-hydrogen) atoms. The van der Waals surface area contributed by atoms with Gasteiger partial charge in [-0.25, -0.2) is 0 Å². The summed E-state index contributed by atoms with van der Waals surface area (Å²) in [5, 5.41) is 16.3. The van der Waals surface area contributed by atoms with Crippen LogP contribution in [0.2, 0.25) is 0 Å². The maximum Gasteiger partial charge on any atom is 0.372 e. The minimum absolute atomic E-state index is 0.0411. The molecule has 0 atom stereocenters. The topological polar surface area (TPSA) is 72.5 Å². The fourth-order valence-corrected chi connectivity index (χ4v) is 3.31. The van der Waals surface area contributed by atoms with Gasteiger partial charge in [-0.15, -0.1) is 0 Å². The number of nitrogens with one attached hydrogen (secondary N) is 1. The number of hydrogen-bond acceptors (Lipinski definition) is 5. The molecule has 3 rings (SSSR count). The first-order valence-corrected chi connectivity index (χ1v) is 6.85. The summed E-state index contributed by atoms with van der Waals surface area (Å²) < 4.78 is 1.53. The van der Waals surface area contributed by atoms with Crippen LogP contribution in [0.1, 0.15) is 32.6 Å². The lowest BCUT2D eigenvalue weighted by Crippen LogP contribution is -2.31. The first-order chi connectivity index (χ1) is 8.59. The first-order valence-electron chi connectivity index (χ1n) is 5.97. The third-order valence-electron chi connectivity index (χ3n) is 3.54. The Balaban J connectivity index is 2.02. The van der Waals surface area contributed by atoms with Gasteiger partial charge >= 0.3 is 5.82 Å². The highest BCUT2D eigenvalue weighted by Crippen LogP contribution is 2.36. The van der Waals surface area contributed by atoms with Crippen molar-refractivity contribution in [3.63, 3.8) is 0 Å². The van der Waals surface area contributed by atoms with Crippen LogP contribution in [0.15, 0.2) is 11.6 Å². The number of aromatic nitrogens is 2. The van der Waals surface area contributed by atoms with E-state index in [0.717, 1.165) is 12.8 Å². The van der Waals surface area contributed by atoms with Crippen LogP contribution in [0.25, 0.3) is 4.96 Å². The van der Waals surface area contributed by atoms with E-state index in [2.05, 4.69) is 17.2 Å². The molecule has 2 heterocycles. The van der Waals surface area contributed by atoms with Gasteiger partial charge in [0.1, 0.15) is 6.20 Å². The molecule has 0 bridgehead atoms. The smallest absolute Gasteiger partial charge is 0.358 e. The fraction of sp³-hybridized carbons (Fsp3) is 0.545. The summed E-state index contributed by atoms with van der Waals surface area (Å²) in [4.78, 5) is 15.8. The van der Waals surface area contributed by atoms with Gasteiger partial charge < -0.3 is 15.4 Å². The molecule has 7 heteroatoms. The maximum atomic E-state index is 11.2. The molecule has 0 aliphatic heterocycles. The molecule has 2 aromatic rings. The zero-order chi connectivity index (χ0) is 12.8. The molecule has 0 saturated heterocycles. The van der Waals surface area contributed by atoms with Gasteiger partial charge in [-0.2, -0.15) is 9.38 Å². The van der Waals surface area contributed by atoms with Crippen LogP contribution < -0.4 is 5.32 Å². The molecule has 0 radical (unpaired) electrons. The van der Waals surface area contributed by atoms with Crippen molar-refractivity contribution in [2.24, 2.45) is 0 Å². The van der Waals surface area contributed by atoms with Crippen LogP contribution in [-0.4, -0.2) is 19.8 Å². The third kappa shape index (κ3) is 1.74. The van der Waals surface area contributed by atoms with Gasteiger partial charge in [0, 0.05) is 10.9 Å². The monoisotopic (exact) mass is 266 g/mol. The Kier molecular flexibility index (Phi) is 2.51. The second-order valence-corrected chi connectivity index (χ2v) is 5.86. The molecule has 96 valence electrons. The van der Waals surface area contributed by atoms with E-state index >= 15 is 0 Å². The van der Waals surface area contributed by atoms with Crippen LogP contribution in [0.5, 0.6) is 0 Å². The Morgan fingerprint density at radius 3 is 2.94 bits per heavy atom. The summed E-state index contributed by atoms with van der Waals surface area (Å²) in [6.07, 6.45) is 6.09. The zero-order valence-electron chi connectivity index (χ0n) is 10.0. The van der Waals surface area contributed by atoms with Gasteiger partial charge in [0.05, 0.1) is 0 Å². The van der Waals surface area contributed by atoms with E-state index in [1.165, 1.54) is 28.6 Å². The first kappa shape index (κ1) is 11.5. The molecule has 0 amide bonds. The predicted molar refractivity (Wildman–Crippen MR) is 70.2 cm³/mol. The van der Waals surface area contributed by atoms with Crippen molar-refractivity contribution >= 4 is 27.9 Å². The number of rotatable bonds is 3. The number of hydrogen-bond donors (Lipinski definition) is 1. The van der Waals surface area contributed by atoms with Gasteiger partial charge in [-0.3, -0.25) is 0 Å². The van der Waals surface area contributed by atoms with E-state index < -0.39 is 0 Å². The molecule has 0 aromatic carbocycles. The number of anilines is 1. The Labute approximate surface area is 108 Å². The van der Waals surface area contributed by atoms with Crippen molar-refractivity contribution in [2.45, 2.75) is 38.1 Å².